The summed E-state index contributed by atoms with van der Waals surface area (Å²) >= 11 is 0. The Morgan fingerprint density at radius 1 is 1.12 bits per heavy atom. The van der Waals surface area contributed by atoms with Crippen LogP contribution in [0.15, 0.2) is 54.7 Å². The molecule has 1 amide bonds. The van der Waals surface area contributed by atoms with Crippen molar-refractivity contribution in [2.24, 2.45) is 5.92 Å². The van der Waals surface area contributed by atoms with Crippen molar-refractivity contribution in [2.45, 2.75) is 44.1 Å². The van der Waals surface area contributed by atoms with Crippen molar-refractivity contribution in [3.05, 3.63) is 66.0 Å². The zero-order valence-corrected chi connectivity index (χ0v) is 19.0. The zero-order chi connectivity index (χ0) is 22.0. The molecule has 0 unspecified atom stereocenters. The number of pyridine rings is 1. The quantitative estimate of drug-likeness (QED) is 0.671. The molecule has 3 heterocycles. The smallest absolute Gasteiger partial charge is 0.253 e. The topological polar surface area (TPSA) is 48.9 Å². The van der Waals surface area contributed by atoms with Gasteiger partial charge in [0.15, 0.2) is 0 Å². The molecule has 1 aromatic heterocycles. The maximum Gasteiger partial charge on any atom is 0.253 e. The van der Waals surface area contributed by atoms with E-state index in [1.165, 1.54) is 18.4 Å². The van der Waals surface area contributed by atoms with E-state index in [9.17, 15) is 4.79 Å². The van der Waals surface area contributed by atoms with Crippen molar-refractivity contribution in [1.29, 1.82) is 0 Å². The number of aromatic nitrogens is 1. The third-order valence-corrected chi connectivity index (χ3v) is 6.96. The molecular formula is C26H34N4O2. The maximum absolute atomic E-state index is 13.4. The number of morpholine rings is 1. The van der Waals surface area contributed by atoms with Gasteiger partial charge in [0.1, 0.15) is 6.10 Å². The first-order valence-corrected chi connectivity index (χ1v) is 11.9. The molecule has 32 heavy (non-hydrogen) atoms. The second kappa shape index (κ2) is 9.30. The first kappa shape index (κ1) is 21.6. The minimum Gasteiger partial charge on any atom is -0.358 e. The van der Waals surface area contributed by atoms with Crippen LogP contribution in [0.25, 0.3) is 0 Å². The third-order valence-electron chi connectivity index (χ3n) is 6.96. The SMILES string of the molecule is CN(Cc1ccccn1)C(=O)[C@H]1CN(CC2CC2)C[C@]2(CCN(Cc3ccccc3)C2)O1. The van der Waals surface area contributed by atoms with Crippen LogP contribution in [0.5, 0.6) is 0 Å². The van der Waals surface area contributed by atoms with Crippen LogP contribution in [0.1, 0.15) is 30.5 Å². The van der Waals surface area contributed by atoms with Crippen LogP contribution in [-0.4, -0.2) is 77.1 Å². The van der Waals surface area contributed by atoms with Crippen LogP contribution in [0.4, 0.5) is 0 Å². The predicted molar refractivity (Wildman–Crippen MR) is 124 cm³/mol. The highest BCUT2D eigenvalue weighted by atomic mass is 16.5. The predicted octanol–water partition coefficient (Wildman–Crippen LogP) is 2.80. The number of carbonyl (C=O) groups excluding carboxylic acids is 1. The van der Waals surface area contributed by atoms with Gasteiger partial charge in [-0.1, -0.05) is 36.4 Å². The summed E-state index contributed by atoms with van der Waals surface area (Å²) in [6.45, 7) is 6.07. The highest BCUT2D eigenvalue weighted by Gasteiger charge is 2.48. The first-order chi connectivity index (χ1) is 15.6. The third kappa shape index (κ3) is 5.20. The monoisotopic (exact) mass is 434 g/mol. The van der Waals surface area contributed by atoms with E-state index in [4.69, 9.17) is 4.74 Å². The number of likely N-dealkylation sites (N-methyl/N-ethyl adjacent to an activating group) is 1. The molecule has 5 rings (SSSR count). The first-order valence-electron chi connectivity index (χ1n) is 11.9. The molecule has 6 heteroatoms. The van der Waals surface area contributed by atoms with Crippen LogP contribution in [0.3, 0.4) is 0 Å². The standard InChI is InChI=1S/C26H34N4O2/c1-28(17-23-9-5-6-13-27-23)25(31)24-18-30(16-22-10-11-22)20-26(32-24)12-14-29(19-26)15-21-7-3-2-4-8-21/h2-9,13,22,24H,10-12,14-20H2,1H3/t24-,26-/m1/s1. The Morgan fingerprint density at radius 2 is 1.91 bits per heavy atom. The lowest BCUT2D eigenvalue weighted by molar-refractivity contribution is -0.177. The van der Waals surface area contributed by atoms with E-state index in [1.807, 2.05) is 25.2 Å². The number of hydrogen-bond acceptors (Lipinski definition) is 5. The van der Waals surface area contributed by atoms with E-state index in [2.05, 4.69) is 45.1 Å². The number of carbonyl (C=O) groups is 1. The number of nitrogens with zero attached hydrogens (tertiary/aromatic N) is 4. The second-order valence-electron chi connectivity index (χ2n) is 9.89. The van der Waals surface area contributed by atoms with Gasteiger partial charge in [0, 0.05) is 52.5 Å². The Morgan fingerprint density at radius 3 is 2.66 bits per heavy atom. The molecule has 3 aliphatic rings. The van der Waals surface area contributed by atoms with Gasteiger partial charge in [-0.25, -0.2) is 0 Å². The van der Waals surface area contributed by atoms with Gasteiger partial charge in [0.2, 0.25) is 0 Å². The number of benzene rings is 1. The summed E-state index contributed by atoms with van der Waals surface area (Å²) in [5.74, 6) is 0.867. The Balaban J connectivity index is 1.27. The molecule has 3 fully saturated rings. The lowest BCUT2D eigenvalue weighted by Gasteiger charge is -2.45. The summed E-state index contributed by atoms with van der Waals surface area (Å²) in [5.41, 5.74) is 1.98. The largest absolute Gasteiger partial charge is 0.358 e. The lowest BCUT2D eigenvalue weighted by Crippen LogP contribution is -2.60. The number of amides is 1. The zero-order valence-electron chi connectivity index (χ0n) is 19.0. The summed E-state index contributed by atoms with van der Waals surface area (Å²) in [4.78, 5) is 24.5. The molecule has 1 spiro atoms. The number of likely N-dealkylation sites (tertiary alicyclic amines) is 1. The molecule has 2 aromatic rings. The molecule has 0 N–H and O–H groups in total. The van der Waals surface area contributed by atoms with Crippen molar-refractivity contribution in [3.63, 3.8) is 0 Å². The summed E-state index contributed by atoms with van der Waals surface area (Å²) in [7, 11) is 1.86. The average Bonchev–Trinajstić information content (AvgIpc) is 3.54. The molecule has 1 saturated carbocycles. The molecule has 6 nitrogen and oxygen atoms in total. The molecule has 1 aliphatic carbocycles. The molecular weight excluding hydrogens is 400 g/mol. The number of rotatable bonds is 7. The van der Waals surface area contributed by atoms with Crippen molar-refractivity contribution in [1.82, 2.24) is 19.7 Å². The van der Waals surface area contributed by atoms with Crippen LogP contribution < -0.4 is 0 Å². The fourth-order valence-corrected chi connectivity index (χ4v) is 5.20. The average molecular weight is 435 g/mol. The van der Waals surface area contributed by atoms with Gasteiger partial charge < -0.3 is 9.64 Å². The van der Waals surface area contributed by atoms with E-state index in [0.29, 0.717) is 13.1 Å². The van der Waals surface area contributed by atoms with Gasteiger partial charge in [-0.05, 0) is 42.9 Å². The van der Waals surface area contributed by atoms with Crippen molar-refractivity contribution in [2.75, 3.05) is 39.8 Å². The summed E-state index contributed by atoms with van der Waals surface area (Å²) in [6, 6.07) is 16.5. The van der Waals surface area contributed by atoms with E-state index in [-0.39, 0.29) is 11.5 Å². The van der Waals surface area contributed by atoms with E-state index >= 15 is 0 Å². The van der Waals surface area contributed by atoms with Crippen LogP contribution in [0, 0.1) is 5.92 Å². The summed E-state index contributed by atoms with van der Waals surface area (Å²) in [5, 5.41) is 0. The van der Waals surface area contributed by atoms with Crippen molar-refractivity contribution < 1.29 is 9.53 Å². The molecule has 2 atom stereocenters. The fourth-order valence-electron chi connectivity index (χ4n) is 5.20. The molecule has 2 saturated heterocycles. The minimum absolute atomic E-state index is 0.0667. The van der Waals surface area contributed by atoms with Gasteiger partial charge in [0.25, 0.3) is 5.91 Å². The van der Waals surface area contributed by atoms with E-state index < -0.39 is 6.10 Å². The van der Waals surface area contributed by atoms with Gasteiger partial charge >= 0.3 is 0 Å². The van der Waals surface area contributed by atoms with Crippen LogP contribution >= 0.6 is 0 Å². The normalized spacial score (nSPS) is 26.5. The maximum atomic E-state index is 13.4. The van der Waals surface area contributed by atoms with Crippen molar-refractivity contribution in [3.8, 4) is 0 Å². The van der Waals surface area contributed by atoms with Gasteiger partial charge in [0.05, 0.1) is 17.8 Å². The second-order valence-corrected chi connectivity index (χ2v) is 9.89. The highest BCUT2D eigenvalue weighted by molar-refractivity contribution is 5.81. The Bertz CT molecular complexity index is 905. The Kier molecular flexibility index (Phi) is 6.26. The summed E-state index contributed by atoms with van der Waals surface area (Å²) < 4.78 is 6.66. The number of hydrogen-bond donors (Lipinski definition) is 0. The van der Waals surface area contributed by atoms with Crippen LogP contribution in [0.2, 0.25) is 0 Å². The fraction of sp³-hybridized carbons (Fsp3) is 0.538. The van der Waals surface area contributed by atoms with Gasteiger partial charge in [-0.3, -0.25) is 19.6 Å². The van der Waals surface area contributed by atoms with Gasteiger partial charge in [-0.2, -0.15) is 0 Å². The van der Waals surface area contributed by atoms with Crippen LogP contribution in [-0.2, 0) is 22.6 Å². The lowest BCUT2D eigenvalue weighted by atomic mass is 9.98. The number of ether oxygens (including phenoxy) is 1. The molecule has 0 radical (unpaired) electrons. The Labute approximate surface area is 191 Å². The minimum atomic E-state index is -0.409. The highest BCUT2D eigenvalue weighted by Crippen LogP contribution is 2.36. The van der Waals surface area contributed by atoms with E-state index in [0.717, 1.165) is 50.8 Å². The molecule has 2 aliphatic heterocycles. The molecule has 170 valence electrons. The Hall–Kier alpha value is -2.28. The molecule has 1 aromatic carbocycles. The summed E-state index contributed by atoms with van der Waals surface area (Å²) in [6.07, 6.45) is 4.99. The van der Waals surface area contributed by atoms with Gasteiger partial charge in [-0.15, -0.1) is 0 Å². The molecule has 0 bridgehead atoms. The van der Waals surface area contributed by atoms with Crippen molar-refractivity contribution >= 4 is 5.91 Å². The van der Waals surface area contributed by atoms with E-state index in [1.54, 1.807) is 11.1 Å².